The minimum atomic E-state index is 0. The second kappa shape index (κ2) is 9.57. The van der Waals surface area contributed by atoms with Crippen LogP contribution in [0.5, 0.6) is 0 Å². The van der Waals surface area contributed by atoms with Gasteiger partial charge in [0.05, 0.1) is 5.75 Å². The van der Waals surface area contributed by atoms with Crippen LogP contribution in [0.3, 0.4) is 0 Å². The van der Waals surface area contributed by atoms with Crippen LogP contribution in [0.4, 0.5) is 0 Å². The summed E-state index contributed by atoms with van der Waals surface area (Å²) >= 11 is 7.52. The second-order valence-electron chi connectivity index (χ2n) is 5.09. The minimum Gasteiger partial charge on any atom is -0.340 e. The largest absolute Gasteiger partial charge is 0.340 e. The van der Waals surface area contributed by atoms with Crippen molar-refractivity contribution in [3.63, 3.8) is 0 Å². The number of hydrogen-bond donors (Lipinski definition) is 1. The maximum absolute atomic E-state index is 12.2. The molecule has 1 fully saturated rings. The maximum Gasteiger partial charge on any atom is 0.232 e. The van der Waals surface area contributed by atoms with E-state index in [1.54, 1.807) is 11.8 Å². The predicted octanol–water partition coefficient (Wildman–Crippen LogP) is 3.21. The lowest BCUT2D eigenvalue weighted by molar-refractivity contribution is -0.129. The van der Waals surface area contributed by atoms with Crippen LogP contribution in [-0.2, 0) is 10.5 Å². The van der Waals surface area contributed by atoms with E-state index in [9.17, 15) is 4.79 Å². The molecule has 21 heavy (non-hydrogen) atoms. The minimum absolute atomic E-state index is 0. The summed E-state index contributed by atoms with van der Waals surface area (Å²) in [4.78, 5) is 14.1. The Kier molecular flexibility index (Phi) is 8.49. The zero-order valence-corrected chi connectivity index (χ0v) is 14.6. The fraction of sp³-hybridized carbons (Fsp3) is 0.533. The monoisotopic (exact) mass is 348 g/mol. The summed E-state index contributed by atoms with van der Waals surface area (Å²) in [5.41, 5.74) is 1.21. The predicted molar refractivity (Wildman–Crippen MR) is 93.5 cm³/mol. The number of rotatable bonds is 5. The molecule has 6 heteroatoms. The van der Waals surface area contributed by atoms with Crippen LogP contribution in [0.2, 0.25) is 5.02 Å². The van der Waals surface area contributed by atoms with Gasteiger partial charge >= 0.3 is 0 Å². The van der Waals surface area contributed by atoms with Gasteiger partial charge in [0.1, 0.15) is 0 Å². The molecule has 2 rings (SSSR count). The first-order chi connectivity index (χ1) is 9.69. The fourth-order valence-electron chi connectivity index (χ4n) is 2.37. The van der Waals surface area contributed by atoms with Crippen LogP contribution in [0.15, 0.2) is 24.3 Å². The summed E-state index contributed by atoms with van der Waals surface area (Å²) in [6, 6.07) is 8.26. The van der Waals surface area contributed by atoms with Crippen LogP contribution >= 0.6 is 35.8 Å². The summed E-state index contributed by atoms with van der Waals surface area (Å²) in [7, 11) is 1.97. The van der Waals surface area contributed by atoms with Gasteiger partial charge in [0.15, 0.2) is 0 Å². The van der Waals surface area contributed by atoms with Gasteiger partial charge in [-0.1, -0.05) is 23.7 Å². The normalized spacial score (nSPS) is 18.2. The first-order valence-corrected chi connectivity index (χ1v) is 8.49. The van der Waals surface area contributed by atoms with Crippen LogP contribution in [0, 0.1) is 0 Å². The Morgan fingerprint density at radius 1 is 1.43 bits per heavy atom. The van der Waals surface area contributed by atoms with Crippen molar-refractivity contribution in [3.8, 4) is 0 Å². The summed E-state index contributed by atoms with van der Waals surface area (Å²) in [5, 5.41) is 4.01. The molecule has 0 aromatic heterocycles. The number of nitrogens with zero attached hydrogens (tertiary/aromatic N) is 1. The zero-order valence-electron chi connectivity index (χ0n) is 12.2. The molecule has 0 spiro atoms. The number of likely N-dealkylation sites (N-methyl/N-ethyl adjacent to an activating group) is 1. The van der Waals surface area contributed by atoms with Gasteiger partial charge in [-0.05, 0) is 37.6 Å². The highest BCUT2D eigenvalue weighted by Crippen LogP contribution is 2.17. The van der Waals surface area contributed by atoms with Gasteiger partial charge in [0.25, 0.3) is 0 Å². The van der Waals surface area contributed by atoms with Crippen molar-refractivity contribution >= 4 is 41.7 Å². The summed E-state index contributed by atoms with van der Waals surface area (Å²) < 4.78 is 0. The molecular formula is C15H22Cl2N2OS. The van der Waals surface area contributed by atoms with Gasteiger partial charge in [0, 0.05) is 29.9 Å². The highest BCUT2D eigenvalue weighted by molar-refractivity contribution is 7.99. The quantitative estimate of drug-likeness (QED) is 0.886. The third kappa shape index (κ3) is 6.07. The lowest BCUT2D eigenvalue weighted by Gasteiger charge is -2.32. The number of amides is 1. The van der Waals surface area contributed by atoms with Crippen molar-refractivity contribution in [1.82, 2.24) is 10.2 Å². The molecule has 1 unspecified atom stereocenters. The molecule has 1 aromatic carbocycles. The van der Waals surface area contributed by atoms with Gasteiger partial charge in [-0.25, -0.2) is 0 Å². The van der Waals surface area contributed by atoms with E-state index < -0.39 is 0 Å². The lowest BCUT2D eigenvalue weighted by Crippen LogP contribution is -2.47. The number of likely N-dealkylation sites (tertiary alicyclic amines) is 1. The molecule has 1 aliphatic heterocycles. The third-order valence-corrected chi connectivity index (χ3v) is 4.83. The molecule has 1 atom stereocenters. The van der Waals surface area contributed by atoms with Crippen LogP contribution in [0.1, 0.15) is 18.4 Å². The number of piperidine rings is 1. The topological polar surface area (TPSA) is 32.3 Å². The van der Waals surface area contributed by atoms with Gasteiger partial charge in [-0.3, -0.25) is 4.79 Å². The van der Waals surface area contributed by atoms with Crippen molar-refractivity contribution in [3.05, 3.63) is 34.9 Å². The number of nitrogens with one attached hydrogen (secondary N) is 1. The first kappa shape index (κ1) is 18.6. The number of thioether (sulfide) groups is 1. The molecule has 1 aromatic rings. The zero-order chi connectivity index (χ0) is 14.4. The Balaban J connectivity index is 0.00000220. The molecule has 0 bridgehead atoms. The van der Waals surface area contributed by atoms with Crippen molar-refractivity contribution in [2.24, 2.45) is 0 Å². The van der Waals surface area contributed by atoms with E-state index in [2.05, 4.69) is 5.32 Å². The van der Waals surface area contributed by atoms with Gasteiger partial charge in [0.2, 0.25) is 5.91 Å². The number of carbonyl (C=O) groups excluding carboxylic acids is 1. The molecule has 1 heterocycles. The Hall–Kier alpha value is -0.420. The van der Waals surface area contributed by atoms with Crippen LogP contribution in [0.25, 0.3) is 0 Å². The maximum atomic E-state index is 12.2. The molecule has 0 saturated carbocycles. The lowest BCUT2D eigenvalue weighted by atomic mass is 10.1. The van der Waals surface area contributed by atoms with Crippen molar-refractivity contribution in [1.29, 1.82) is 0 Å². The molecule has 1 amide bonds. The van der Waals surface area contributed by atoms with E-state index in [0.717, 1.165) is 36.7 Å². The molecule has 1 aliphatic rings. The second-order valence-corrected chi connectivity index (χ2v) is 6.51. The van der Waals surface area contributed by atoms with E-state index in [4.69, 9.17) is 11.6 Å². The molecule has 0 aliphatic carbocycles. The van der Waals surface area contributed by atoms with E-state index >= 15 is 0 Å². The Morgan fingerprint density at radius 2 is 2.14 bits per heavy atom. The highest BCUT2D eigenvalue weighted by atomic mass is 35.5. The van der Waals surface area contributed by atoms with E-state index in [1.807, 2.05) is 36.2 Å². The van der Waals surface area contributed by atoms with Crippen LogP contribution in [-0.4, -0.2) is 42.7 Å². The summed E-state index contributed by atoms with van der Waals surface area (Å²) in [5.74, 6) is 1.66. The molecule has 1 N–H and O–H groups in total. The number of benzene rings is 1. The van der Waals surface area contributed by atoms with Crippen molar-refractivity contribution < 1.29 is 4.79 Å². The average Bonchev–Trinajstić information content (AvgIpc) is 2.49. The summed E-state index contributed by atoms with van der Waals surface area (Å²) in [6.07, 6.45) is 2.26. The smallest absolute Gasteiger partial charge is 0.232 e. The van der Waals surface area contributed by atoms with Gasteiger partial charge in [-0.15, -0.1) is 24.2 Å². The Morgan fingerprint density at radius 3 is 2.81 bits per heavy atom. The van der Waals surface area contributed by atoms with Gasteiger partial charge in [-0.2, -0.15) is 0 Å². The number of carbonyl (C=O) groups is 1. The third-order valence-electron chi connectivity index (χ3n) is 3.59. The van der Waals surface area contributed by atoms with E-state index in [0.29, 0.717) is 11.8 Å². The molecule has 3 nitrogen and oxygen atoms in total. The number of halogens is 2. The average molecular weight is 349 g/mol. The molecule has 0 radical (unpaired) electrons. The van der Waals surface area contributed by atoms with Crippen LogP contribution < -0.4 is 5.32 Å². The van der Waals surface area contributed by atoms with E-state index in [1.165, 1.54) is 5.56 Å². The number of hydrogen-bond acceptors (Lipinski definition) is 3. The first-order valence-electron chi connectivity index (χ1n) is 6.96. The van der Waals surface area contributed by atoms with Crippen molar-refractivity contribution in [2.75, 3.05) is 25.9 Å². The van der Waals surface area contributed by atoms with E-state index in [-0.39, 0.29) is 18.3 Å². The van der Waals surface area contributed by atoms with Crippen molar-refractivity contribution in [2.45, 2.75) is 24.6 Å². The molecule has 118 valence electrons. The Bertz CT molecular complexity index is 442. The Labute approximate surface area is 142 Å². The fourth-order valence-corrected chi connectivity index (χ4v) is 3.38. The standard InChI is InChI=1S/C15H21ClN2OS.ClH/c1-17-14-3-2-8-18(9-14)15(19)11-20-10-12-4-6-13(16)7-5-12;/h4-7,14,17H,2-3,8-11H2,1H3;1H. The summed E-state index contributed by atoms with van der Waals surface area (Å²) in [6.45, 7) is 1.75. The van der Waals surface area contributed by atoms with Gasteiger partial charge < -0.3 is 10.2 Å². The SMILES string of the molecule is CNC1CCCN(C(=O)CSCc2ccc(Cl)cc2)C1.Cl. The highest BCUT2D eigenvalue weighted by Gasteiger charge is 2.22. The molecule has 1 saturated heterocycles. The molecular weight excluding hydrogens is 327 g/mol.